The Balaban J connectivity index is 1.54. The summed E-state index contributed by atoms with van der Waals surface area (Å²) in [7, 11) is 0. The first-order valence-electron chi connectivity index (χ1n) is 7.95. The van der Waals surface area contributed by atoms with Gasteiger partial charge in [0.05, 0.1) is 5.92 Å². The molecule has 3 heterocycles. The molecule has 2 saturated heterocycles. The molecule has 2 aliphatic heterocycles. The van der Waals surface area contributed by atoms with Crippen molar-refractivity contribution < 1.29 is 14.4 Å². The Kier molecular flexibility index (Phi) is 4.59. The smallest absolute Gasteiger partial charge is 0.321 e. The first kappa shape index (κ1) is 16.2. The van der Waals surface area contributed by atoms with Crippen LogP contribution in [-0.2, 0) is 9.59 Å². The number of hydrogen-bond donors (Lipinski definition) is 2. The zero-order valence-electron chi connectivity index (χ0n) is 13.4. The Morgan fingerprint density at radius 2 is 1.88 bits per heavy atom. The van der Waals surface area contributed by atoms with Crippen LogP contribution in [0.4, 0.5) is 10.7 Å². The summed E-state index contributed by atoms with van der Waals surface area (Å²) in [6, 6.07) is 0.903. The van der Waals surface area contributed by atoms with Gasteiger partial charge in [-0.2, -0.15) is 0 Å². The molecule has 0 aliphatic carbocycles. The minimum absolute atomic E-state index is 0.0771. The van der Waals surface area contributed by atoms with Crippen molar-refractivity contribution in [2.24, 2.45) is 5.92 Å². The number of carbonyl (C=O) groups excluding carboxylic acids is 3. The summed E-state index contributed by atoms with van der Waals surface area (Å²) < 4.78 is 0. The molecule has 9 heteroatoms. The highest BCUT2D eigenvalue weighted by molar-refractivity contribution is 6.00. The number of anilines is 1. The largest absolute Gasteiger partial charge is 0.339 e. The van der Waals surface area contributed by atoms with Crippen molar-refractivity contribution in [3.63, 3.8) is 0 Å². The maximum Gasteiger partial charge on any atom is 0.321 e. The van der Waals surface area contributed by atoms with Crippen LogP contribution < -0.4 is 15.5 Å². The van der Waals surface area contributed by atoms with E-state index in [0.717, 1.165) is 0 Å². The lowest BCUT2D eigenvalue weighted by molar-refractivity contribution is -0.137. The van der Waals surface area contributed by atoms with Gasteiger partial charge in [-0.05, 0) is 13.0 Å². The second-order valence-electron chi connectivity index (χ2n) is 5.98. The van der Waals surface area contributed by atoms with Gasteiger partial charge in [0.15, 0.2) is 0 Å². The first-order valence-corrected chi connectivity index (χ1v) is 7.95. The first-order chi connectivity index (χ1) is 11.5. The lowest BCUT2D eigenvalue weighted by atomic mass is 9.94. The fourth-order valence-electron chi connectivity index (χ4n) is 2.97. The molecule has 0 bridgehead atoms. The lowest BCUT2D eigenvalue weighted by Crippen LogP contribution is -2.58. The molecule has 0 saturated carbocycles. The highest BCUT2D eigenvalue weighted by Gasteiger charge is 2.35. The predicted molar refractivity (Wildman–Crippen MR) is 85.1 cm³/mol. The Hall–Kier alpha value is -2.71. The monoisotopic (exact) mass is 332 g/mol. The average molecular weight is 332 g/mol. The molecule has 128 valence electrons. The Labute approximate surface area is 139 Å². The number of nitrogens with one attached hydrogen (secondary N) is 2. The van der Waals surface area contributed by atoms with Gasteiger partial charge < -0.3 is 15.1 Å². The second kappa shape index (κ2) is 6.81. The quantitative estimate of drug-likeness (QED) is 0.762. The fourth-order valence-corrected chi connectivity index (χ4v) is 2.97. The van der Waals surface area contributed by atoms with Crippen LogP contribution in [0, 0.1) is 5.92 Å². The Morgan fingerprint density at radius 1 is 1.21 bits per heavy atom. The summed E-state index contributed by atoms with van der Waals surface area (Å²) in [5.41, 5.74) is 0. The number of amides is 4. The minimum atomic E-state index is -0.536. The van der Waals surface area contributed by atoms with Gasteiger partial charge in [0.1, 0.15) is 0 Å². The summed E-state index contributed by atoms with van der Waals surface area (Å²) >= 11 is 0. The number of rotatable bonds is 3. The van der Waals surface area contributed by atoms with E-state index in [4.69, 9.17) is 0 Å². The fraction of sp³-hybridized carbons (Fsp3) is 0.533. The van der Waals surface area contributed by atoms with Crippen molar-refractivity contribution in [3.8, 4) is 0 Å². The molecule has 0 radical (unpaired) electrons. The third-order valence-corrected chi connectivity index (χ3v) is 4.40. The Bertz CT molecular complexity index is 629. The van der Waals surface area contributed by atoms with Crippen LogP contribution in [0.15, 0.2) is 18.5 Å². The van der Waals surface area contributed by atoms with Gasteiger partial charge in [-0.25, -0.2) is 14.8 Å². The van der Waals surface area contributed by atoms with E-state index in [1.807, 2.05) is 4.90 Å². The van der Waals surface area contributed by atoms with E-state index < -0.39 is 17.9 Å². The van der Waals surface area contributed by atoms with Crippen LogP contribution in [0.25, 0.3) is 0 Å². The molecule has 1 aromatic heterocycles. The van der Waals surface area contributed by atoms with E-state index in [0.29, 0.717) is 32.1 Å². The molecule has 1 aromatic rings. The third kappa shape index (κ3) is 3.44. The van der Waals surface area contributed by atoms with E-state index >= 15 is 0 Å². The molecule has 0 spiro atoms. The summed E-state index contributed by atoms with van der Waals surface area (Å²) in [4.78, 5) is 47.8. The van der Waals surface area contributed by atoms with Crippen LogP contribution in [-0.4, -0.2) is 64.9 Å². The molecule has 24 heavy (non-hydrogen) atoms. The number of aromatic nitrogens is 2. The molecule has 2 aliphatic rings. The van der Waals surface area contributed by atoms with Gasteiger partial charge in [-0.15, -0.1) is 0 Å². The van der Waals surface area contributed by atoms with Crippen molar-refractivity contribution in [1.82, 2.24) is 25.5 Å². The number of carbonyl (C=O) groups is 3. The van der Waals surface area contributed by atoms with E-state index in [2.05, 4.69) is 20.6 Å². The molecule has 2 unspecified atom stereocenters. The molecular weight excluding hydrogens is 312 g/mol. The number of nitrogens with zero attached hydrogens (tertiary/aromatic N) is 4. The van der Waals surface area contributed by atoms with E-state index in [1.54, 1.807) is 30.3 Å². The van der Waals surface area contributed by atoms with Crippen molar-refractivity contribution in [3.05, 3.63) is 18.5 Å². The van der Waals surface area contributed by atoms with Crippen LogP contribution in [0.5, 0.6) is 0 Å². The number of hydrogen-bond acceptors (Lipinski definition) is 6. The summed E-state index contributed by atoms with van der Waals surface area (Å²) in [5.74, 6) is -0.346. The van der Waals surface area contributed by atoms with Crippen molar-refractivity contribution >= 4 is 23.8 Å². The molecular formula is C15H20N6O3. The molecule has 9 nitrogen and oxygen atoms in total. The second-order valence-corrected chi connectivity index (χ2v) is 5.98. The highest BCUT2D eigenvalue weighted by Crippen LogP contribution is 2.16. The van der Waals surface area contributed by atoms with Gasteiger partial charge in [0, 0.05) is 51.0 Å². The molecule has 0 aromatic carbocycles. The van der Waals surface area contributed by atoms with Crippen molar-refractivity contribution in [1.29, 1.82) is 0 Å². The lowest BCUT2D eigenvalue weighted by Gasteiger charge is -2.36. The van der Waals surface area contributed by atoms with Gasteiger partial charge in [0.2, 0.25) is 17.8 Å². The SMILES string of the molecule is CC1NC(=O)NC(=O)C1CC(=O)N1CCN(c2ncccn2)CC1. The van der Waals surface area contributed by atoms with E-state index in [9.17, 15) is 14.4 Å². The average Bonchev–Trinajstić information content (AvgIpc) is 2.59. The molecule has 2 atom stereocenters. The standard InChI is InChI=1S/C15H20N6O3/c1-10-11(13(23)19-15(24)18-10)9-12(22)20-5-7-21(8-6-20)14-16-3-2-4-17-14/h2-4,10-11H,5-9H2,1H3,(H2,18,19,23,24). The number of piperazine rings is 1. The zero-order valence-corrected chi connectivity index (χ0v) is 13.4. The zero-order chi connectivity index (χ0) is 17.1. The highest BCUT2D eigenvalue weighted by atomic mass is 16.2. The third-order valence-electron chi connectivity index (χ3n) is 4.40. The summed E-state index contributed by atoms with van der Waals surface area (Å²) in [6.45, 7) is 4.16. The van der Waals surface area contributed by atoms with Gasteiger partial charge in [-0.3, -0.25) is 14.9 Å². The number of imide groups is 1. The van der Waals surface area contributed by atoms with Gasteiger partial charge in [0.25, 0.3) is 0 Å². The van der Waals surface area contributed by atoms with Crippen LogP contribution in [0.2, 0.25) is 0 Å². The minimum Gasteiger partial charge on any atom is -0.339 e. The van der Waals surface area contributed by atoms with Crippen LogP contribution >= 0.6 is 0 Å². The van der Waals surface area contributed by atoms with Gasteiger partial charge in [-0.1, -0.05) is 0 Å². The van der Waals surface area contributed by atoms with Gasteiger partial charge >= 0.3 is 6.03 Å². The molecule has 4 amide bonds. The topological polar surface area (TPSA) is 108 Å². The maximum atomic E-state index is 12.5. The van der Waals surface area contributed by atoms with Crippen molar-refractivity contribution in [2.45, 2.75) is 19.4 Å². The summed E-state index contributed by atoms with van der Waals surface area (Å²) in [6.07, 6.45) is 3.48. The van der Waals surface area contributed by atoms with Crippen molar-refractivity contribution in [2.75, 3.05) is 31.1 Å². The van der Waals surface area contributed by atoms with E-state index in [1.165, 1.54) is 0 Å². The van der Waals surface area contributed by atoms with E-state index in [-0.39, 0.29) is 18.4 Å². The molecule has 2 N–H and O–H groups in total. The van der Waals surface area contributed by atoms with Crippen LogP contribution in [0.1, 0.15) is 13.3 Å². The maximum absolute atomic E-state index is 12.5. The molecule has 2 fully saturated rings. The molecule has 3 rings (SSSR count). The summed E-state index contributed by atoms with van der Waals surface area (Å²) in [5, 5.41) is 4.84. The number of urea groups is 1. The predicted octanol–water partition coefficient (Wildman–Crippen LogP) is -0.641. The normalized spacial score (nSPS) is 24.4. The van der Waals surface area contributed by atoms with Crippen LogP contribution in [0.3, 0.4) is 0 Å². The Morgan fingerprint density at radius 3 is 2.50 bits per heavy atom.